The molecule has 2 atom stereocenters. The number of amides is 1. The minimum Gasteiger partial charge on any atom is -0.383 e. The van der Waals surface area contributed by atoms with Crippen molar-refractivity contribution in [3.8, 4) is 5.69 Å². The van der Waals surface area contributed by atoms with Crippen LogP contribution in [0.1, 0.15) is 20.8 Å². The second-order valence-electron chi connectivity index (χ2n) is 4.92. The van der Waals surface area contributed by atoms with Gasteiger partial charge in [-0.25, -0.2) is 4.68 Å². The molecule has 2 rings (SSSR count). The first kappa shape index (κ1) is 17.8. The van der Waals surface area contributed by atoms with Crippen LogP contribution in [-0.4, -0.2) is 43.0 Å². The number of aliphatic hydroxyl groups is 1. The summed E-state index contributed by atoms with van der Waals surface area (Å²) in [5, 5.41) is 13.6. The molecule has 2 aromatic rings. The molecule has 124 valence electrons. The number of thioether (sulfide) groups is 1. The van der Waals surface area contributed by atoms with Crippen LogP contribution in [0.15, 0.2) is 30.7 Å². The molecule has 0 spiro atoms. The number of aliphatic hydroxyl groups excluding tert-OH is 1. The lowest BCUT2D eigenvalue weighted by molar-refractivity contribution is -0.117. The van der Waals surface area contributed by atoms with Crippen LogP contribution >= 0.6 is 23.4 Å². The van der Waals surface area contributed by atoms with Gasteiger partial charge in [0.1, 0.15) is 5.69 Å². The zero-order chi connectivity index (χ0) is 17.0. The first-order chi connectivity index (χ1) is 10.9. The van der Waals surface area contributed by atoms with Crippen molar-refractivity contribution in [1.82, 2.24) is 14.8 Å². The molecular formula is C15H19ClN4O2S. The molecule has 0 aliphatic heterocycles. The van der Waals surface area contributed by atoms with Crippen molar-refractivity contribution in [2.75, 3.05) is 11.4 Å². The molecule has 0 aliphatic rings. The zero-order valence-electron chi connectivity index (χ0n) is 13.2. The molecule has 1 N–H and O–H groups in total. The Morgan fingerprint density at radius 2 is 2.26 bits per heavy atom. The second kappa shape index (κ2) is 7.81. The first-order valence-corrected chi connectivity index (χ1v) is 8.56. The smallest absolute Gasteiger partial charge is 0.240 e. The molecule has 0 aliphatic carbocycles. The van der Waals surface area contributed by atoms with E-state index >= 15 is 0 Å². The van der Waals surface area contributed by atoms with Crippen molar-refractivity contribution >= 4 is 35.0 Å². The quantitative estimate of drug-likeness (QED) is 0.807. The van der Waals surface area contributed by atoms with E-state index in [0.717, 1.165) is 5.69 Å². The molecule has 23 heavy (non-hydrogen) atoms. The molecule has 2 heterocycles. The summed E-state index contributed by atoms with van der Waals surface area (Å²) in [6.07, 6.45) is 5.05. The Kier molecular flexibility index (Phi) is 6.04. The molecule has 2 unspecified atom stereocenters. The monoisotopic (exact) mass is 354 g/mol. The van der Waals surface area contributed by atoms with Crippen LogP contribution in [0, 0.1) is 0 Å². The van der Waals surface area contributed by atoms with Gasteiger partial charge in [-0.1, -0.05) is 11.6 Å². The van der Waals surface area contributed by atoms with Crippen LogP contribution in [0.4, 0.5) is 5.69 Å². The molecule has 0 saturated heterocycles. The Morgan fingerprint density at radius 3 is 2.83 bits per heavy atom. The van der Waals surface area contributed by atoms with Crippen LogP contribution in [0.25, 0.3) is 5.69 Å². The number of halogens is 1. The summed E-state index contributed by atoms with van der Waals surface area (Å²) < 4.78 is 1.59. The molecule has 0 saturated carbocycles. The van der Waals surface area contributed by atoms with Crippen molar-refractivity contribution < 1.29 is 9.90 Å². The van der Waals surface area contributed by atoms with E-state index in [1.807, 2.05) is 13.0 Å². The highest BCUT2D eigenvalue weighted by atomic mass is 35.5. The first-order valence-electron chi connectivity index (χ1n) is 7.24. The second-order valence-corrected chi connectivity index (χ2v) is 6.94. The molecule has 0 fully saturated rings. The highest BCUT2D eigenvalue weighted by Crippen LogP contribution is 2.28. The standard InChI is InChI=1S/C15H19ClN4O2S/c1-4-19(15(22)10(2)23-11(3)21)13-9-20(18-14(13)16)12-6-5-7-17-8-12/h5-11,21H,4H2,1-3H3. The Labute approximate surface area is 144 Å². The average Bonchev–Trinajstić information content (AvgIpc) is 2.90. The van der Waals surface area contributed by atoms with Crippen LogP contribution in [0.5, 0.6) is 0 Å². The molecule has 6 nitrogen and oxygen atoms in total. The van der Waals surface area contributed by atoms with Gasteiger partial charge in [0, 0.05) is 12.7 Å². The van der Waals surface area contributed by atoms with E-state index in [9.17, 15) is 9.90 Å². The van der Waals surface area contributed by atoms with Gasteiger partial charge in [-0.05, 0) is 32.9 Å². The molecule has 0 aromatic carbocycles. The van der Waals surface area contributed by atoms with Crippen LogP contribution in [-0.2, 0) is 4.79 Å². The maximum absolute atomic E-state index is 12.6. The third kappa shape index (κ3) is 4.25. The van der Waals surface area contributed by atoms with Crippen LogP contribution in [0.3, 0.4) is 0 Å². The minimum atomic E-state index is -0.610. The van der Waals surface area contributed by atoms with E-state index in [0.29, 0.717) is 12.2 Å². The number of hydrogen-bond acceptors (Lipinski definition) is 5. The lowest BCUT2D eigenvalue weighted by Gasteiger charge is -2.23. The summed E-state index contributed by atoms with van der Waals surface area (Å²) in [5.41, 5.74) is 0.692. The van der Waals surface area contributed by atoms with Gasteiger partial charge in [0.05, 0.1) is 28.8 Å². The normalized spacial score (nSPS) is 13.6. The predicted molar refractivity (Wildman–Crippen MR) is 93.1 cm³/mol. The summed E-state index contributed by atoms with van der Waals surface area (Å²) in [4.78, 5) is 18.2. The minimum absolute atomic E-state index is 0.119. The number of hydrogen-bond donors (Lipinski definition) is 1. The van der Waals surface area contributed by atoms with E-state index in [1.54, 1.807) is 48.1 Å². The van der Waals surface area contributed by atoms with Crippen molar-refractivity contribution in [3.63, 3.8) is 0 Å². The highest BCUT2D eigenvalue weighted by molar-refractivity contribution is 8.01. The lowest BCUT2D eigenvalue weighted by Crippen LogP contribution is -2.37. The predicted octanol–water partition coefficient (Wildman–Crippen LogP) is 2.73. The molecule has 0 radical (unpaired) electrons. The van der Waals surface area contributed by atoms with Crippen LogP contribution in [0.2, 0.25) is 5.15 Å². The van der Waals surface area contributed by atoms with Crippen molar-refractivity contribution in [2.45, 2.75) is 31.5 Å². The summed E-state index contributed by atoms with van der Waals surface area (Å²) in [7, 11) is 0. The van der Waals surface area contributed by atoms with Gasteiger partial charge in [-0.2, -0.15) is 5.10 Å². The zero-order valence-corrected chi connectivity index (χ0v) is 14.8. The number of rotatable bonds is 6. The number of carbonyl (C=O) groups is 1. The third-order valence-corrected chi connectivity index (χ3v) is 4.46. The number of anilines is 1. The van der Waals surface area contributed by atoms with Gasteiger partial charge < -0.3 is 10.0 Å². The van der Waals surface area contributed by atoms with Gasteiger partial charge in [0.15, 0.2) is 5.15 Å². The molecule has 0 bridgehead atoms. The van der Waals surface area contributed by atoms with E-state index in [2.05, 4.69) is 10.1 Å². The van der Waals surface area contributed by atoms with E-state index in [1.165, 1.54) is 11.8 Å². The van der Waals surface area contributed by atoms with Crippen molar-refractivity contribution in [2.24, 2.45) is 0 Å². The number of pyridine rings is 1. The fraction of sp³-hybridized carbons (Fsp3) is 0.400. The number of carbonyl (C=O) groups excluding carboxylic acids is 1. The fourth-order valence-corrected chi connectivity index (χ4v) is 3.23. The summed E-state index contributed by atoms with van der Waals surface area (Å²) in [6, 6.07) is 3.65. The molecule has 1 amide bonds. The maximum atomic E-state index is 12.6. The Balaban J connectivity index is 2.28. The Hall–Kier alpha value is -1.57. The topological polar surface area (TPSA) is 71.2 Å². The van der Waals surface area contributed by atoms with E-state index in [4.69, 9.17) is 11.6 Å². The fourth-order valence-electron chi connectivity index (χ4n) is 2.16. The molecule has 8 heteroatoms. The van der Waals surface area contributed by atoms with Crippen molar-refractivity contribution in [3.05, 3.63) is 35.9 Å². The van der Waals surface area contributed by atoms with Gasteiger partial charge >= 0.3 is 0 Å². The van der Waals surface area contributed by atoms with E-state index < -0.39 is 5.44 Å². The summed E-state index contributed by atoms with van der Waals surface area (Å²) >= 11 is 7.41. The van der Waals surface area contributed by atoms with Crippen LogP contribution < -0.4 is 4.90 Å². The van der Waals surface area contributed by atoms with Gasteiger partial charge in [-0.3, -0.25) is 9.78 Å². The van der Waals surface area contributed by atoms with E-state index in [-0.39, 0.29) is 16.3 Å². The maximum Gasteiger partial charge on any atom is 0.240 e. The van der Waals surface area contributed by atoms with Gasteiger partial charge in [-0.15, -0.1) is 11.8 Å². The Bertz CT molecular complexity index is 663. The molecular weight excluding hydrogens is 336 g/mol. The summed E-state index contributed by atoms with van der Waals surface area (Å²) in [5.74, 6) is -0.119. The SMILES string of the molecule is CCN(C(=O)C(C)SC(C)O)c1cn(-c2cccnc2)nc1Cl. The van der Waals surface area contributed by atoms with Gasteiger partial charge in [0.25, 0.3) is 0 Å². The lowest BCUT2D eigenvalue weighted by atomic mass is 10.3. The Morgan fingerprint density at radius 1 is 1.52 bits per heavy atom. The van der Waals surface area contributed by atoms with Crippen molar-refractivity contribution in [1.29, 1.82) is 0 Å². The number of aromatic nitrogens is 3. The number of nitrogens with zero attached hydrogens (tertiary/aromatic N) is 4. The highest BCUT2D eigenvalue weighted by Gasteiger charge is 2.25. The third-order valence-electron chi connectivity index (χ3n) is 3.18. The molecule has 2 aromatic heterocycles. The average molecular weight is 355 g/mol. The largest absolute Gasteiger partial charge is 0.383 e. The summed E-state index contributed by atoms with van der Waals surface area (Å²) in [6.45, 7) is 5.73. The van der Waals surface area contributed by atoms with Gasteiger partial charge in [0.2, 0.25) is 5.91 Å².